The molecule has 1 aliphatic heterocycles. The molecule has 7 nitrogen and oxygen atoms in total. The molecule has 0 aliphatic carbocycles. The quantitative estimate of drug-likeness (QED) is 0.837. The standard InChI is InChI=1S/C16H20N4O3/c1-19(11-14(21)20-9-3-4-10-20)16-17-15(18-23-16)12-5-7-13(22-2)8-6-12/h5-8H,3-4,9-11H2,1-2H3. The van der Waals surface area contributed by atoms with Gasteiger partial charge in [-0.2, -0.15) is 4.98 Å². The van der Waals surface area contributed by atoms with Crippen LogP contribution in [0.25, 0.3) is 11.4 Å². The second-order valence-corrected chi connectivity index (χ2v) is 5.57. The Kier molecular flexibility index (Phi) is 4.45. The van der Waals surface area contributed by atoms with E-state index in [0.29, 0.717) is 11.8 Å². The number of benzene rings is 1. The van der Waals surface area contributed by atoms with Gasteiger partial charge in [0.2, 0.25) is 11.7 Å². The van der Waals surface area contributed by atoms with Crippen LogP contribution in [-0.2, 0) is 4.79 Å². The summed E-state index contributed by atoms with van der Waals surface area (Å²) in [6.07, 6.45) is 2.16. The van der Waals surface area contributed by atoms with Crippen LogP contribution in [0.1, 0.15) is 12.8 Å². The molecule has 0 radical (unpaired) electrons. The zero-order valence-electron chi connectivity index (χ0n) is 13.4. The normalized spacial score (nSPS) is 14.1. The van der Waals surface area contributed by atoms with Gasteiger partial charge in [-0.25, -0.2) is 0 Å². The molecule has 1 amide bonds. The second kappa shape index (κ2) is 6.68. The molecule has 0 saturated carbocycles. The lowest BCUT2D eigenvalue weighted by atomic mass is 10.2. The summed E-state index contributed by atoms with van der Waals surface area (Å²) in [5.74, 6) is 1.35. The van der Waals surface area contributed by atoms with E-state index in [1.165, 1.54) is 0 Å². The second-order valence-electron chi connectivity index (χ2n) is 5.57. The maximum Gasteiger partial charge on any atom is 0.324 e. The SMILES string of the molecule is COc1ccc(-c2noc(N(C)CC(=O)N3CCCC3)n2)cc1. The number of aromatic nitrogens is 2. The molecule has 1 aromatic heterocycles. The first-order chi connectivity index (χ1) is 11.2. The molecule has 1 aromatic carbocycles. The first kappa shape index (κ1) is 15.3. The zero-order chi connectivity index (χ0) is 16.2. The predicted octanol–water partition coefficient (Wildman–Crippen LogP) is 1.80. The molecule has 2 aromatic rings. The van der Waals surface area contributed by atoms with Crippen molar-refractivity contribution >= 4 is 11.9 Å². The van der Waals surface area contributed by atoms with Crippen molar-refractivity contribution in [3.63, 3.8) is 0 Å². The van der Waals surface area contributed by atoms with E-state index in [4.69, 9.17) is 9.26 Å². The fourth-order valence-corrected chi connectivity index (χ4v) is 2.56. The molecule has 2 heterocycles. The number of ether oxygens (including phenoxy) is 1. The van der Waals surface area contributed by atoms with E-state index in [9.17, 15) is 4.79 Å². The van der Waals surface area contributed by atoms with E-state index in [2.05, 4.69) is 10.1 Å². The van der Waals surface area contributed by atoms with Gasteiger partial charge < -0.3 is 19.1 Å². The van der Waals surface area contributed by atoms with Gasteiger partial charge in [0.05, 0.1) is 7.11 Å². The molecular formula is C16H20N4O3. The van der Waals surface area contributed by atoms with Crippen LogP contribution in [-0.4, -0.2) is 54.7 Å². The van der Waals surface area contributed by atoms with E-state index in [-0.39, 0.29) is 12.5 Å². The third kappa shape index (κ3) is 3.44. The van der Waals surface area contributed by atoms with E-state index in [0.717, 1.165) is 37.2 Å². The van der Waals surface area contributed by atoms with Gasteiger partial charge in [0.15, 0.2) is 0 Å². The Morgan fingerprint density at radius 2 is 2.00 bits per heavy atom. The minimum atomic E-state index is 0.0918. The number of carbonyl (C=O) groups excluding carboxylic acids is 1. The van der Waals surface area contributed by atoms with E-state index < -0.39 is 0 Å². The third-order valence-electron chi connectivity index (χ3n) is 3.92. The molecule has 0 spiro atoms. The average Bonchev–Trinajstić information content (AvgIpc) is 3.26. The number of hydrogen-bond acceptors (Lipinski definition) is 6. The van der Waals surface area contributed by atoms with Crippen LogP contribution in [0.3, 0.4) is 0 Å². The summed E-state index contributed by atoms with van der Waals surface area (Å²) in [6.45, 7) is 1.92. The van der Waals surface area contributed by atoms with Crippen LogP contribution in [0.5, 0.6) is 5.75 Å². The molecule has 23 heavy (non-hydrogen) atoms. The van der Waals surface area contributed by atoms with E-state index in [1.807, 2.05) is 29.2 Å². The summed E-state index contributed by atoms with van der Waals surface area (Å²) < 4.78 is 10.4. The maximum absolute atomic E-state index is 12.2. The largest absolute Gasteiger partial charge is 0.497 e. The van der Waals surface area contributed by atoms with Gasteiger partial charge in [-0.3, -0.25) is 4.79 Å². The van der Waals surface area contributed by atoms with Crippen molar-refractivity contribution in [3.05, 3.63) is 24.3 Å². The van der Waals surface area contributed by atoms with Crippen LogP contribution in [0.2, 0.25) is 0 Å². The molecular weight excluding hydrogens is 296 g/mol. The van der Waals surface area contributed by atoms with Crippen molar-refractivity contribution in [2.45, 2.75) is 12.8 Å². The molecule has 1 fully saturated rings. The molecule has 0 bridgehead atoms. The summed E-state index contributed by atoms with van der Waals surface area (Å²) >= 11 is 0. The van der Waals surface area contributed by atoms with Crippen molar-refractivity contribution < 1.29 is 14.1 Å². The fraction of sp³-hybridized carbons (Fsp3) is 0.438. The number of anilines is 1. The molecule has 1 aliphatic rings. The van der Waals surface area contributed by atoms with Crippen molar-refractivity contribution in [3.8, 4) is 17.1 Å². The summed E-state index contributed by atoms with van der Waals surface area (Å²) in [5.41, 5.74) is 0.833. The smallest absolute Gasteiger partial charge is 0.324 e. The number of carbonyl (C=O) groups is 1. The Balaban J connectivity index is 1.66. The summed E-state index contributed by atoms with van der Waals surface area (Å²) in [4.78, 5) is 20.1. The Labute approximate surface area is 134 Å². The highest BCUT2D eigenvalue weighted by atomic mass is 16.5. The van der Waals surface area contributed by atoms with Crippen LogP contribution >= 0.6 is 0 Å². The van der Waals surface area contributed by atoms with Crippen LogP contribution in [0.4, 0.5) is 6.01 Å². The zero-order valence-corrected chi connectivity index (χ0v) is 13.4. The topological polar surface area (TPSA) is 71.7 Å². The Bertz CT molecular complexity index is 662. The van der Waals surface area contributed by atoms with Gasteiger partial charge >= 0.3 is 6.01 Å². The van der Waals surface area contributed by atoms with Crippen molar-refractivity contribution in [2.24, 2.45) is 0 Å². The van der Waals surface area contributed by atoms with Crippen LogP contribution in [0.15, 0.2) is 28.8 Å². The highest BCUT2D eigenvalue weighted by Gasteiger charge is 2.21. The van der Waals surface area contributed by atoms with Crippen LogP contribution in [0, 0.1) is 0 Å². The summed E-state index contributed by atoms with van der Waals surface area (Å²) in [6, 6.07) is 7.74. The first-order valence-electron chi connectivity index (χ1n) is 7.64. The van der Waals surface area contributed by atoms with Gasteiger partial charge in [-0.05, 0) is 37.1 Å². The number of likely N-dealkylation sites (N-methyl/N-ethyl adjacent to an activating group) is 1. The summed E-state index contributed by atoms with van der Waals surface area (Å²) in [7, 11) is 3.40. The highest BCUT2D eigenvalue weighted by molar-refractivity contribution is 5.81. The minimum Gasteiger partial charge on any atom is -0.497 e. The molecule has 122 valence electrons. The number of methoxy groups -OCH3 is 1. The van der Waals surface area contributed by atoms with E-state index >= 15 is 0 Å². The maximum atomic E-state index is 12.2. The minimum absolute atomic E-state index is 0.0918. The Morgan fingerprint density at radius 3 is 2.65 bits per heavy atom. The molecule has 7 heteroatoms. The number of nitrogens with zero attached hydrogens (tertiary/aromatic N) is 4. The van der Waals surface area contributed by atoms with E-state index in [1.54, 1.807) is 19.1 Å². The summed E-state index contributed by atoms with van der Waals surface area (Å²) in [5, 5.41) is 3.97. The Hall–Kier alpha value is -2.57. The van der Waals surface area contributed by atoms with Gasteiger partial charge in [0.1, 0.15) is 12.3 Å². The molecule has 0 unspecified atom stereocenters. The van der Waals surface area contributed by atoms with Crippen LogP contribution < -0.4 is 9.64 Å². The monoisotopic (exact) mass is 316 g/mol. The predicted molar refractivity (Wildman–Crippen MR) is 85.4 cm³/mol. The van der Waals surface area contributed by atoms with Gasteiger partial charge in [0.25, 0.3) is 0 Å². The lowest BCUT2D eigenvalue weighted by Crippen LogP contribution is -2.37. The number of likely N-dealkylation sites (tertiary alicyclic amines) is 1. The highest BCUT2D eigenvalue weighted by Crippen LogP contribution is 2.22. The number of hydrogen-bond donors (Lipinski definition) is 0. The molecule has 0 N–H and O–H groups in total. The lowest BCUT2D eigenvalue weighted by molar-refractivity contribution is -0.128. The average molecular weight is 316 g/mol. The van der Waals surface area contributed by atoms with Gasteiger partial charge in [-0.1, -0.05) is 5.16 Å². The third-order valence-corrected chi connectivity index (χ3v) is 3.92. The first-order valence-corrected chi connectivity index (χ1v) is 7.64. The van der Waals surface area contributed by atoms with Crippen molar-refractivity contribution in [1.82, 2.24) is 15.0 Å². The molecule has 3 rings (SSSR count). The number of amides is 1. The van der Waals surface area contributed by atoms with Crippen molar-refractivity contribution in [2.75, 3.05) is 38.7 Å². The lowest BCUT2D eigenvalue weighted by Gasteiger charge is -2.19. The van der Waals surface area contributed by atoms with Gasteiger partial charge in [-0.15, -0.1) is 0 Å². The van der Waals surface area contributed by atoms with Crippen molar-refractivity contribution in [1.29, 1.82) is 0 Å². The molecule has 1 saturated heterocycles. The fourth-order valence-electron chi connectivity index (χ4n) is 2.56. The Morgan fingerprint density at radius 1 is 1.30 bits per heavy atom. The van der Waals surface area contributed by atoms with Gasteiger partial charge in [0, 0.05) is 25.7 Å². The number of rotatable bonds is 5. The molecule has 0 atom stereocenters.